The molecule has 1 aliphatic carbocycles. The molecule has 2 aromatic heterocycles. The van der Waals surface area contributed by atoms with Crippen LogP contribution in [0.4, 0.5) is 9.39 Å². The van der Waals surface area contributed by atoms with Gasteiger partial charge >= 0.3 is 5.97 Å². The van der Waals surface area contributed by atoms with Crippen LogP contribution in [0.25, 0.3) is 10.2 Å². The molecule has 0 radical (unpaired) electrons. The average Bonchev–Trinajstić information content (AvgIpc) is 3.19. The number of thiophene rings is 1. The van der Waals surface area contributed by atoms with Crippen molar-refractivity contribution in [3.63, 3.8) is 0 Å². The minimum absolute atomic E-state index is 0.0295. The van der Waals surface area contributed by atoms with Gasteiger partial charge in [0.2, 0.25) is 5.91 Å². The molecule has 1 aliphatic rings. The number of carbonyl (C=O) groups excluding carboxylic acids is 3. The largest absolute Gasteiger partial charge is 0.462 e. The molecule has 0 saturated heterocycles. The maximum Gasteiger partial charge on any atom is 0.341 e. The molecule has 0 spiro atoms. The van der Waals surface area contributed by atoms with Gasteiger partial charge in [-0.05, 0) is 56.4 Å². The van der Waals surface area contributed by atoms with Crippen LogP contribution in [0, 0.1) is 5.82 Å². The molecule has 0 atom stereocenters. The third kappa shape index (κ3) is 6.02. The second kappa shape index (κ2) is 11.5. The van der Waals surface area contributed by atoms with Crippen LogP contribution in [0.5, 0.6) is 0 Å². The average molecular weight is 536 g/mol. The zero-order valence-corrected chi connectivity index (χ0v) is 22.0. The standard InChI is InChI=1S/C24H26FN3O4S3/c1-3-32-23(31)21-15-7-5-4-6-8-17(15)34-22(21)26-19(29)12-33-13-20(30)27-24-28(2)16-10-9-14(25)11-18(16)35-24/h9-11H,3-8,12-13H2,1-2H3,(H,26,29). The van der Waals surface area contributed by atoms with Gasteiger partial charge in [0.1, 0.15) is 10.8 Å². The molecule has 0 unspecified atom stereocenters. The third-order valence-corrected chi connectivity index (χ3v) is 8.82. The van der Waals surface area contributed by atoms with E-state index in [1.54, 1.807) is 24.6 Å². The summed E-state index contributed by atoms with van der Waals surface area (Å²) in [7, 11) is 1.77. The minimum atomic E-state index is -0.403. The number of halogens is 1. The molecule has 2 heterocycles. The Kier molecular flexibility index (Phi) is 8.40. The lowest BCUT2D eigenvalue weighted by molar-refractivity contribution is -0.115. The van der Waals surface area contributed by atoms with E-state index in [9.17, 15) is 18.8 Å². The minimum Gasteiger partial charge on any atom is -0.462 e. The summed E-state index contributed by atoms with van der Waals surface area (Å²) in [6, 6.07) is 4.43. The second-order valence-electron chi connectivity index (χ2n) is 8.09. The normalized spacial score (nSPS) is 14.0. The van der Waals surface area contributed by atoms with Gasteiger partial charge in [0.15, 0.2) is 4.80 Å². The van der Waals surface area contributed by atoms with E-state index in [0.29, 0.717) is 20.1 Å². The molecule has 2 amide bonds. The number of thiazole rings is 1. The fourth-order valence-electron chi connectivity index (χ4n) is 4.00. The van der Waals surface area contributed by atoms with Crippen molar-refractivity contribution in [1.82, 2.24) is 4.57 Å². The number of benzene rings is 1. The van der Waals surface area contributed by atoms with Crippen molar-refractivity contribution < 1.29 is 23.5 Å². The van der Waals surface area contributed by atoms with E-state index in [0.717, 1.165) is 59.8 Å². The second-order valence-corrected chi connectivity index (χ2v) is 11.2. The van der Waals surface area contributed by atoms with Crippen molar-refractivity contribution in [2.24, 2.45) is 12.0 Å². The fourth-order valence-corrected chi connectivity index (χ4v) is 6.95. The topological polar surface area (TPSA) is 89.8 Å². The number of ether oxygens (including phenoxy) is 1. The van der Waals surface area contributed by atoms with Gasteiger partial charge in [0.05, 0.1) is 33.9 Å². The van der Waals surface area contributed by atoms with Crippen molar-refractivity contribution in [2.75, 3.05) is 23.4 Å². The monoisotopic (exact) mass is 535 g/mol. The predicted octanol–water partition coefficient (Wildman–Crippen LogP) is 4.69. The first kappa shape index (κ1) is 25.6. The predicted molar refractivity (Wildman–Crippen MR) is 139 cm³/mol. The SMILES string of the molecule is CCOC(=O)c1c(NC(=O)CSCC(=O)N=c2sc3cc(F)ccc3n2C)sc2c1CCCCC2. The van der Waals surface area contributed by atoms with Gasteiger partial charge in [-0.3, -0.25) is 9.59 Å². The van der Waals surface area contributed by atoms with Crippen LogP contribution in [0.3, 0.4) is 0 Å². The fraction of sp³-hybridized carbons (Fsp3) is 0.417. The Morgan fingerprint density at radius 2 is 1.97 bits per heavy atom. The number of carbonyl (C=O) groups is 3. The maximum atomic E-state index is 13.5. The number of aryl methyl sites for hydroxylation is 2. The van der Waals surface area contributed by atoms with Gasteiger partial charge in [-0.1, -0.05) is 17.8 Å². The summed E-state index contributed by atoms with van der Waals surface area (Å²) in [6.07, 6.45) is 4.91. The highest BCUT2D eigenvalue weighted by atomic mass is 32.2. The van der Waals surface area contributed by atoms with Crippen LogP contribution in [0.15, 0.2) is 23.2 Å². The number of nitrogens with zero attached hydrogens (tertiary/aromatic N) is 2. The summed E-state index contributed by atoms with van der Waals surface area (Å²) < 4.78 is 21.2. The van der Waals surface area contributed by atoms with E-state index >= 15 is 0 Å². The van der Waals surface area contributed by atoms with Crippen LogP contribution in [0.2, 0.25) is 0 Å². The first-order chi connectivity index (χ1) is 16.9. The van der Waals surface area contributed by atoms with Crippen molar-refractivity contribution >= 4 is 67.4 Å². The van der Waals surface area contributed by atoms with Crippen LogP contribution < -0.4 is 10.1 Å². The Balaban J connectivity index is 1.39. The molecule has 186 valence electrons. The molecule has 0 aliphatic heterocycles. The van der Waals surface area contributed by atoms with Crippen LogP contribution in [-0.4, -0.2) is 40.5 Å². The van der Waals surface area contributed by atoms with E-state index < -0.39 is 5.97 Å². The Morgan fingerprint density at radius 1 is 1.17 bits per heavy atom. The third-order valence-electron chi connectivity index (χ3n) is 5.60. The number of nitrogens with one attached hydrogen (secondary N) is 1. The molecular weight excluding hydrogens is 509 g/mol. The van der Waals surface area contributed by atoms with Crippen molar-refractivity contribution in [1.29, 1.82) is 0 Å². The van der Waals surface area contributed by atoms with Gasteiger partial charge in [-0.2, -0.15) is 4.99 Å². The van der Waals surface area contributed by atoms with Crippen LogP contribution in [-0.2, 0) is 34.2 Å². The van der Waals surface area contributed by atoms with E-state index in [-0.39, 0.29) is 35.7 Å². The first-order valence-electron chi connectivity index (χ1n) is 11.4. The van der Waals surface area contributed by atoms with Crippen LogP contribution >= 0.6 is 34.4 Å². The van der Waals surface area contributed by atoms with Gasteiger partial charge < -0.3 is 14.6 Å². The highest BCUT2D eigenvalue weighted by Gasteiger charge is 2.26. The van der Waals surface area contributed by atoms with Gasteiger partial charge in [-0.25, -0.2) is 9.18 Å². The highest BCUT2D eigenvalue weighted by Crippen LogP contribution is 2.38. The van der Waals surface area contributed by atoms with Gasteiger partial charge in [0.25, 0.3) is 5.91 Å². The molecule has 35 heavy (non-hydrogen) atoms. The van der Waals surface area contributed by atoms with Gasteiger partial charge in [-0.15, -0.1) is 23.1 Å². The summed E-state index contributed by atoms with van der Waals surface area (Å²) in [5, 5.41) is 3.39. The lowest BCUT2D eigenvalue weighted by atomic mass is 10.1. The van der Waals surface area contributed by atoms with E-state index in [4.69, 9.17) is 4.74 Å². The number of thioether (sulfide) groups is 1. The molecule has 0 fully saturated rings. The first-order valence-corrected chi connectivity index (χ1v) is 14.2. The number of rotatable bonds is 7. The van der Waals surface area contributed by atoms with Crippen LogP contribution in [0.1, 0.15) is 47.0 Å². The molecule has 4 rings (SSSR count). The lowest BCUT2D eigenvalue weighted by Gasteiger charge is -2.08. The van der Waals surface area contributed by atoms with Crippen molar-refractivity contribution in [2.45, 2.75) is 39.0 Å². The Morgan fingerprint density at radius 3 is 2.77 bits per heavy atom. The van der Waals surface area contributed by atoms with E-state index in [1.807, 2.05) is 0 Å². The summed E-state index contributed by atoms with van der Waals surface area (Å²) in [5.74, 6) is -1.32. The van der Waals surface area contributed by atoms with E-state index in [2.05, 4.69) is 10.3 Å². The quantitative estimate of drug-likeness (QED) is 0.350. The smallest absolute Gasteiger partial charge is 0.341 e. The number of fused-ring (bicyclic) bond motifs is 2. The van der Waals surface area contributed by atoms with Crippen molar-refractivity contribution in [3.05, 3.63) is 44.8 Å². The molecule has 0 saturated carbocycles. The molecule has 3 aromatic rings. The number of hydrogen-bond donors (Lipinski definition) is 1. The maximum absolute atomic E-state index is 13.5. The molecule has 1 N–H and O–H groups in total. The summed E-state index contributed by atoms with van der Waals surface area (Å²) >= 11 is 3.84. The Bertz CT molecular complexity index is 1340. The number of amides is 2. The zero-order chi connectivity index (χ0) is 24.9. The number of anilines is 1. The summed E-state index contributed by atoms with van der Waals surface area (Å²) in [4.78, 5) is 43.3. The number of hydrogen-bond acceptors (Lipinski definition) is 7. The molecule has 7 nitrogen and oxygen atoms in total. The summed E-state index contributed by atoms with van der Waals surface area (Å²) in [5.41, 5.74) is 2.27. The summed E-state index contributed by atoms with van der Waals surface area (Å²) in [6.45, 7) is 2.03. The molecule has 0 bridgehead atoms. The molecule has 1 aromatic carbocycles. The molecular formula is C24H26FN3O4S3. The lowest BCUT2D eigenvalue weighted by Crippen LogP contribution is -2.18. The van der Waals surface area contributed by atoms with Crippen molar-refractivity contribution in [3.8, 4) is 0 Å². The Labute approximate surface area is 214 Å². The zero-order valence-electron chi connectivity index (χ0n) is 19.5. The highest BCUT2D eigenvalue weighted by molar-refractivity contribution is 8.00. The number of aromatic nitrogens is 1. The van der Waals surface area contributed by atoms with Gasteiger partial charge in [0, 0.05) is 11.9 Å². The number of esters is 1. The molecule has 11 heteroatoms. The van der Waals surface area contributed by atoms with E-state index in [1.165, 1.54) is 34.8 Å². The Hall–Kier alpha value is -2.50.